The van der Waals surface area contributed by atoms with E-state index in [0.29, 0.717) is 5.88 Å². The number of piperazine rings is 1. The molecule has 0 bridgehead atoms. The normalized spacial score (nSPS) is 15.6. The lowest BCUT2D eigenvalue weighted by atomic mass is 10.0. The Kier molecular flexibility index (Phi) is 6.59. The third-order valence-corrected chi connectivity index (χ3v) is 5.89. The van der Waals surface area contributed by atoms with Crippen LogP contribution in [-0.4, -0.2) is 83.9 Å². The summed E-state index contributed by atoms with van der Waals surface area (Å²) in [5.74, 6) is 2.15. The van der Waals surface area contributed by atoms with Crippen molar-refractivity contribution in [2.45, 2.75) is 40.2 Å². The Balaban J connectivity index is 1.66. The molecular weight excluding hydrogens is 416 g/mol. The van der Waals surface area contributed by atoms with E-state index in [1.54, 1.807) is 0 Å². The van der Waals surface area contributed by atoms with Crippen molar-refractivity contribution < 1.29 is 9.26 Å². The number of ether oxygens (including phenoxy) is 1. The lowest BCUT2D eigenvalue weighted by Crippen LogP contribution is -2.48. The lowest BCUT2D eigenvalue weighted by molar-refractivity contribution is 0.126. The molecule has 4 rings (SSSR count). The van der Waals surface area contributed by atoms with Gasteiger partial charge in [-0.15, -0.1) is 0 Å². The van der Waals surface area contributed by atoms with Gasteiger partial charge in [0.25, 0.3) is 0 Å². The maximum absolute atomic E-state index is 6.33. The van der Waals surface area contributed by atoms with Gasteiger partial charge in [0.15, 0.2) is 0 Å². The van der Waals surface area contributed by atoms with Crippen LogP contribution in [0, 0.1) is 13.8 Å². The second-order valence-electron chi connectivity index (χ2n) is 10.1. The highest BCUT2D eigenvalue weighted by molar-refractivity contribution is 5.89. The molecule has 3 heterocycles. The molecule has 0 saturated carbocycles. The predicted octanol–water partition coefficient (Wildman–Crippen LogP) is 3.76. The summed E-state index contributed by atoms with van der Waals surface area (Å²) >= 11 is 0. The molecule has 0 N–H and O–H groups in total. The van der Waals surface area contributed by atoms with E-state index in [1.165, 1.54) is 0 Å². The van der Waals surface area contributed by atoms with Gasteiger partial charge in [-0.2, -0.15) is 4.98 Å². The third kappa shape index (κ3) is 5.45. The number of aryl methyl sites for hydroxylation is 2. The molecule has 0 aliphatic carbocycles. The summed E-state index contributed by atoms with van der Waals surface area (Å²) in [5, 5.41) is 5.01. The number of anilines is 1. The fourth-order valence-electron chi connectivity index (χ4n) is 4.16. The zero-order valence-corrected chi connectivity index (χ0v) is 21.0. The van der Waals surface area contributed by atoms with Crippen molar-refractivity contribution in [1.29, 1.82) is 0 Å². The summed E-state index contributed by atoms with van der Waals surface area (Å²) < 4.78 is 11.7. The Morgan fingerprint density at radius 2 is 1.79 bits per heavy atom. The maximum Gasteiger partial charge on any atom is 0.229 e. The van der Waals surface area contributed by atoms with Crippen LogP contribution in [0.5, 0.6) is 5.88 Å². The number of hydrogen-bond acceptors (Lipinski definition) is 8. The smallest absolute Gasteiger partial charge is 0.229 e. The van der Waals surface area contributed by atoms with Gasteiger partial charge in [0.05, 0.1) is 16.6 Å². The van der Waals surface area contributed by atoms with Crippen molar-refractivity contribution in [2.75, 3.05) is 58.3 Å². The van der Waals surface area contributed by atoms with Crippen molar-refractivity contribution >= 4 is 16.9 Å². The van der Waals surface area contributed by atoms with Crippen molar-refractivity contribution in [3.8, 4) is 17.0 Å². The number of likely N-dealkylation sites (N-methyl/N-ethyl adjacent to an activating group) is 1. The van der Waals surface area contributed by atoms with E-state index in [0.717, 1.165) is 78.7 Å². The van der Waals surface area contributed by atoms with Crippen LogP contribution in [0.1, 0.15) is 32.2 Å². The molecule has 0 spiro atoms. The van der Waals surface area contributed by atoms with Crippen LogP contribution < -0.4 is 9.64 Å². The molecular formula is C25H36N6O2. The zero-order valence-electron chi connectivity index (χ0n) is 21.0. The molecule has 33 heavy (non-hydrogen) atoms. The molecule has 1 aliphatic rings. The van der Waals surface area contributed by atoms with Crippen molar-refractivity contribution in [3.63, 3.8) is 0 Å². The van der Waals surface area contributed by atoms with Gasteiger partial charge in [-0.3, -0.25) is 4.90 Å². The monoisotopic (exact) mass is 452 g/mol. The first-order valence-corrected chi connectivity index (χ1v) is 11.7. The van der Waals surface area contributed by atoms with Gasteiger partial charge in [-0.1, -0.05) is 11.2 Å². The van der Waals surface area contributed by atoms with E-state index < -0.39 is 0 Å². The average molecular weight is 453 g/mol. The van der Waals surface area contributed by atoms with E-state index >= 15 is 0 Å². The first kappa shape index (κ1) is 23.4. The summed E-state index contributed by atoms with van der Waals surface area (Å²) in [4.78, 5) is 16.8. The summed E-state index contributed by atoms with van der Waals surface area (Å²) in [6.45, 7) is 16.0. The number of aromatic nitrogens is 3. The molecule has 1 aliphatic heterocycles. The van der Waals surface area contributed by atoms with Gasteiger partial charge in [0.2, 0.25) is 11.8 Å². The minimum absolute atomic E-state index is 0.373. The van der Waals surface area contributed by atoms with Gasteiger partial charge in [-0.25, -0.2) is 4.98 Å². The molecule has 3 aromatic rings. The Hall–Kier alpha value is -2.71. The molecule has 0 atom stereocenters. The van der Waals surface area contributed by atoms with E-state index in [1.807, 2.05) is 40.7 Å². The SMILES string of the molecule is Cc1noc(C)c1-c1ccc2nc(N3CCN(CCN(C)C)CC3)nc(OC(C)(C)C)c2c1. The topological polar surface area (TPSA) is 70.8 Å². The molecule has 0 radical (unpaired) electrons. The quantitative estimate of drug-likeness (QED) is 0.560. The Morgan fingerprint density at radius 1 is 1.06 bits per heavy atom. The second kappa shape index (κ2) is 9.27. The molecule has 1 aromatic carbocycles. The summed E-state index contributed by atoms with van der Waals surface area (Å²) in [7, 11) is 4.24. The van der Waals surface area contributed by atoms with Crippen LogP contribution in [0.2, 0.25) is 0 Å². The summed E-state index contributed by atoms with van der Waals surface area (Å²) in [6.07, 6.45) is 0. The molecule has 8 heteroatoms. The third-order valence-electron chi connectivity index (χ3n) is 5.89. The Morgan fingerprint density at radius 3 is 2.39 bits per heavy atom. The lowest BCUT2D eigenvalue weighted by Gasteiger charge is -2.35. The van der Waals surface area contributed by atoms with Crippen LogP contribution >= 0.6 is 0 Å². The second-order valence-corrected chi connectivity index (χ2v) is 10.1. The number of rotatable bonds is 6. The van der Waals surface area contributed by atoms with Gasteiger partial charge in [-0.05, 0) is 66.4 Å². The van der Waals surface area contributed by atoms with Crippen LogP contribution in [0.25, 0.3) is 22.0 Å². The van der Waals surface area contributed by atoms with Crippen molar-refractivity contribution in [3.05, 3.63) is 29.7 Å². The van der Waals surface area contributed by atoms with E-state index in [-0.39, 0.29) is 5.60 Å². The molecule has 1 fully saturated rings. The minimum atomic E-state index is -0.373. The van der Waals surface area contributed by atoms with Crippen LogP contribution in [0.4, 0.5) is 5.95 Å². The molecule has 1 saturated heterocycles. The van der Waals surface area contributed by atoms with E-state index in [4.69, 9.17) is 19.2 Å². The molecule has 0 amide bonds. The first-order valence-electron chi connectivity index (χ1n) is 11.7. The van der Waals surface area contributed by atoms with Crippen LogP contribution in [0.3, 0.4) is 0 Å². The highest BCUT2D eigenvalue weighted by Crippen LogP contribution is 2.34. The van der Waals surface area contributed by atoms with Crippen LogP contribution in [-0.2, 0) is 0 Å². The highest BCUT2D eigenvalue weighted by Gasteiger charge is 2.23. The minimum Gasteiger partial charge on any atom is -0.471 e. The Labute approximate surface area is 196 Å². The highest BCUT2D eigenvalue weighted by atomic mass is 16.5. The van der Waals surface area contributed by atoms with Gasteiger partial charge in [0.1, 0.15) is 11.4 Å². The zero-order chi connectivity index (χ0) is 23.8. The van der Waals surface area contributed by atoms with Crippen molar-refractivity contribution in [1.82, 2.24) is 24.9 Å². The van der Waals surface area contributed by atoms with Gasteiger partial charge < -0.3 is 19.1 Å². The molecule has 0 unspecified atom stereocenters. The predicted molar refractivity (Wildman–Crippen MR) is 132 cm³/mol. The average Bonchev–Trinajstić information content (AvgIpc) is 3.09. The first-order chi connectivity index (χ1) is 15.6. The number of benzene rings is 1. The maximum atomic E-state index is 6.33. The fourth-order valence-corrected chi connectivity index (χ4v) is 4.16. The number of nitrogens with zero attached hydrogens (tertiary/aromatic N) is 6. The van der Waals surface area contributed by atoms with Crippen LogP contribution in [0.15, 0.2) is 22.7 Å². The Bertz CT molecular complexity index is 1090. The summed E-state index contributed by atoms with van der Waals surface area (Å²) in [5.41, 5.74) is 3.42. The van der Waals surface area contributed by atoms with E-state index in [2.05, 4.69) is 46.1 Å². The fraction of sp³-hybridized carbons (Fsp3) is 0.560. The largest absolute Gasteiger partial charge is 0.471 e. The van der Waals surface area contributed by atoms with Gasteiger partial charge in [0, 0.05) is 44.8 Å². The van der Waals surface area contributed by atoms with Gasteiger partial charge >= 0.3 is 0 Å². The number of fused-ring (bicyclic) bond motifs is 1. The number of hydrogen-bond donors (Lipinski definition) is 0. The van der Waals surface area contributed by atoms with E-state index in [9.17, 15) is 0 Å². The molecule has 178 valence electrons. The standard InChI is InChI=1S/C25H36N6O2/c1-17-22(18(2)33-28-17)19-8-9-21-20(16-19)23(32-25(3,4)5)27-24(26-21)31-14-12-30(13-15-31)11-10-29(6)7/h8-9,16H,10-15H2,1-7H3. The molecule has 8 nitrogen and oxygen atoms in total. The van der Waals surface area contributed by atoms with Crippen molar-refractivity contribution in [2.24, 2.45) is 0 Å². The molecule has 2 aromatic heterocycles. The summed E-state index contributed by atoms with van der Waals surface area (Å²) in [6, 6.07) is 6.21.